The van der Waals surface area contributed by atoms with Gasteiger partial charge in [-0.1, -0.05) is 24.3 Å². The number of rotatable bonds is 9. The van der Waals surface area contributed by atoms with E-state index in [9.17, 15) is 31.7 Å². The van der Waals surface area contributed by atoms with Gasteiger partial charge in [-0.05, 0) is 30.0 Å². The van der Waals surface area contributed by atoms with Crippen molar-refractivity contribution in [3.63, 3.8) is 0 Å². The number of halogens is 3. The zero-order valence-electron chi connectivity index (χ0n) is 17.0. The number of nitrogens with one attached hydrogen (secondary N) is 1. The first-order valence-corrected chi connectivity index (χ1v) is 11.2. The van der Waals surface area contributed by atoms with Crippen LogP contribution in [0.5, 0.6) is 0 Å². The molecule has 1 heterocycles. The zero-order chi connectivity index (χ0) is 23.4. The predicted molar refractivity (Wildman–Crippen MR) is 111 cm³/mol. The molecule has 12 heteroatoms. The molecule has 3 rings (SSSR count). The van der Waals surface area contributed by atoms with Crippen LogP contribution in [0.3, 0.4) is 0 Å². The van der Waals surface area contributed by atoms with Crippen LogP contribution in [0.15, 0.2) is 47.4 Å². The van der Waals surface area contributed by atoms with Gasteiger partial charge in [-0.2, -0.15) is 17.5 Å². The van der Waals surface area contributed by atoms with Gasteiger partial charge >= 0.3 is 6.18 Å². The molecule has 0 radical (unpaired) electrons. The lowest BCUT2D eigenvalue weighted by Crippen LogP contribution is -2.28. The molecule has 0 atom stereocenters. The standard InChI is InChI=1S/C20H22F3N3O5S/c21-20(22,23)14-31-13-16-5-3-15(4-6-16)12-24-18-8-7-17(26(27)28)11-19(18)32(29,30)25-9-1-2-10-25/h3-8,11,24H,1-2,9-10,12-14H2. The summed E-state index contributed by atoms with van der Waals surface area (Å²) in [6.07, 6.45) is -2.92. The lowest BCUT2D eigenvalue weighted by Gasteiger charge is -2.19. The van der Waals surface area contributed by atoms with Crippen molar-refractivity contribution in [3.8, 4) is 0 Å². The second-order valence-corrected chi connectivity index (χ2v) is 9.23. The van der Waals surface area contributed by atoms with Gasteiger partial charge in [0.05, 0.1) is 17.2 Å². The van der Waals surface area contributed by atoms with Crippen molar-refractivity contribution in [2.24, 2.45) is 0 Å². The average molecular weight is 473 g/mol. The molecular formula is C20H22F3N3O5S. The first-order chi connectivity index (χ1) is 15.1. The van der Waals surface area contributed by atoms with E-state index in [-0.39, 0.29) is 29.4 Å². The second-order valence-electron chi connectivity index (χ2n) is 7.33. The quantitative estimate of drug-likeness (QED) is 0.435. The lowest BCUT2D eigenvalue weighted by molar-refractivity contribution is -0.385. The van der Waals surface area contributed by atoms with E-state index in [0.717, 1.165) is 24.5 Å². The maximum absolute atomic E-state index is 13.0. The zero-order valence-corrected chi connectivity index (χ0v) is 17.8. The Kier molecular flexibility index (Phi) is 7.36. The minimum Gasteiger partial charge on any atom is -0.380 e. The fourth-order valence-electron chi connectivity index (χ4n) is 3.29. The molecule has 1 aliphatic rings. The third-order valence-corrected chi connectivity index (χ3v) is 6.84. The molecule has 0 aliphatic carbocycles. The van der Waals surface area contributed by atoms with Crippen molar-refractivity contribution in [1.82, 2.24) is 4.31 Å². The number of non-ortho nitro benzene ring substituents is 1. The van der Waals surface area contributed by atoms with E-state index in [1.807, 2.05) is 0 Å². The number of nitro benzene ring substituents is 1. The van der Waals surface area contributed by atoms with E-state index >= 15 is 0 Å². The summed E-state index contributed by atoms with van der Waals surface area (Å²) in [6.45, 7) is -0.576. The summed E-state index contributed by atoms with van der Waals surface area (Å²) in [4.78, 5) is 10.4. The smallest absolute Gasteiger partial charge is 0.380 e. The van der Waals surface area contributed by atoms with E-state index in [1.54, 1.807) is 24.3 Å². The topological polar surface area (TPSA) is 102 Å². The SMILES string of the molecule is O=[N+]([O-])c1ccc(NCc2ccc(COCC(F)(F)F)cc2)c(S(=O)(=O)N2CCCC2)c1. The summed E-state index contributed by atoms with van der Waals surface area (Å²) >= 11 is 0. The molecule has 1 aliphatic heterocycles. The van der Waals surface area contributed by atoms with Gasteiger partial charge in [0.15, 0.2) is 0 Å². The van der Waals surface area contributed by atoms with Crippen LogP contribution in [0.25, 0.3) is 0 Å². The number of ether oxygens (including phenoxy) is 1. The summed E-state index contributed by atoms with van der Waals surface area (Å²) < 4.78 is 68.4. The summed E-state index contributed by atoms with van der Waals surface area (Å²) in [5.41, 5.74) is 1.22. The minimum absolute atomic E-state index is 0.161. The molecule has 32 heavy (non-hydrogen) atoms. The van der Waals surface area contributed by atoms with Crippen LogP contribution in [0.1, 0.15) is 24.0 Å². The minimum atomic E-state index is -4.39. The third-order valence-electron chi connectivity index (χ3n) is 4.90. The molecule has 2 aromatic carbocycles. The van der Waals surface area contributed by atoms with Gasteiger partial charge in [-0.25, -0.2) is 8.42 Å². The monoisotopic (exact) mass is 473 g/mol. The van der Waals surface area contributed by atoms with Crippen molar-refractivity contribution < 1.29 is 31.2 Å². The molecule has 0 bridgehead atoms. The van der Waals surface area contributed by atoms with E-state index in [2.05, 4.69) is 10.1 Å². The van der Waals surface area contributed by atoms with E-state index < -0.39 is 27.7 Å². The van der Waals surface area contributed by atoms with Crippen molar-refractivity contribution in [1.29, 1.82) is 0 Å². The Morgan fingerprint density at radius 2 is 1.69 bits per heavy atom. The van der Waals surface area contributed by atoms with Crippen LogP contribution in [-0.4, -0.2) is 43.5 Å². The van der Waals surface area contributed by atoms with Crippen LogP contribution in [0.4, 0.5) is 24.5 Å². The van der Waals surface area contributed by atoms with E-state index in [1.165, 1.54) is 16.4 Å². The molecule has 0 spiro atoms. The largest absolute Gasteiger partial charge is 0.411 e. The molecule has 1 N–H and O–H groups in total. The molecule has 8 nitrogen and oxygen atoms in total. The Labute approximate surface area is 183 Å². The molecule has 0 saturated carbocycles. The first kappa shape index (κ1) is 24.0. The molecule has 0 unspecified atom stereocenters. The van der Waals surface area contributed by atoms with E-state index in [0.29, 0.717) is 18.7 Å². The third kappa shape index (κ3) is 6.17. The maximum atomic E-state index is 13.0. The molecule has 174 valence electrons. The number of benzene rings is 2. The molecule has 0 aromatic heterocycles. The van der Waals surface area contributed by atoms with Gasteiger partial charge in [-0.15, -0.1) is 0 Å². The Bertz CT molecular complexity index is 1050. The molecule has 2 aromatic rings. The highest BCUT2D eigenvalue weighted by molar-refractivity contribution is 7.89. The number of anilines is 1. The van der Waals surface area contributed by atoms with Crippen LogP contribution in [0.2, 0.25) is 0 Å². The number of hydrogen-bond acceptors (Lipinski definition) is 6. The summed E-state index contributed by atoms with van der Waals surface area (Å²) in [6, 6.07) is 10.2. The van der Waals surface area contributed by atoms with Crippen LogP contribution < -0.4 is 5.32 Å². The second kappa shape index (κ2) is 9.84. The van der Waals surface area contributed by atoms with Crippen LogP contribution in [-0.2, 0) is 27.9 Å². The molecular weight excluding hydrogens is 451 g/mol. The summed E-state index contributed by atoms with van der Waals surface area (Å²) in [5, 5.41) is 14.2. The molecule has 0 amide bonds. The molecule has 1 fully saturated rings. The van der Waals surface area contributed by atoms with Crippen molar-refractivity contribution >= 4 is 21.4 Å². The average Bonchev–Trinajstić information content (AvgIpc) is 3.28. The van der Waals surface area contributed by atoms with Gasteiger partial charge in [0, 0.05) is 31.8 Å². The van der Waals surface area contributed by atoms with Gasteiger partial charge in [0.2, 0.25) is 10.0 Å². The number of hydrogen-bond donors (Lipinski definition) is 1. The Balaban J connectivity index is 1.72. The highest BCUT2D eigenvalue weighted by Crippen LogP contribution is 2.31. The number of nitro groups is 1. The fraction of sp³-hybridized carbons (Fsp3) is 0.400. The van der Waals surface area contributed by atoms with Crippen molar-refractivity contribution in [2.45, 2.75) is 37.1 Å². The normalized spacial score (nSPS) is 15.1. The van der Waals surface area contributed by atoms with Crippen LogP contribution in [0, 0.1) is 10.1 Å². The van der Waals surface area contributed by atoms with Gasteiger partial charge in [0.1, 0.15) is 11.5 Å². The number of nitrogens with zero attached hydrogens (tertiary/aromatic N) is 2. The van der Waals surface area contributed by atoms with E-state index in [4.69, 9.17) is 0 Å². The summed E-state index contributed by atoms with van der Waals surface area (Å²) in [5.74, 6) is 0. The lowest BCUT2D eigenvalue weighted by atomic mass is 10.1. The van der Waals surface area contributed by atoms with Gasteiger partial charge in [-0.3, -0.25) is 10.1 Å². The predicted octanol–water partition coefficient (Wildman–Crippen LogP) is 4.07. The number of sulfonamides is 1. The van der Waals surface area contributed by atoms with Gasteiger partial charge in [0.25, 0.3) is 5.69 Å². The maximum Gasteiger partial charge on any atom is 0.411 e. The molecule has 1 saturated heterocycles. The first-order valence-electron chi connectivity index (χ1n) is 9.81. The highest BCUT2D eigenvalue weighted by Gasteiger charge is 2.31. The van der Waals surface area contributed by atoms with Crippen molar-refractivity contribution in [3.05, 3.63) is 63.7 Å². The van der Waals surface area contributed by atoms with Crippen molar-refractivity contribution in [2.75, 3.05) is 25.0 Å². The Morgan fingerprint density at radius 3 is 2.28 bits per heavy atom. The summed E-state index contributed by atoms with van der Waals surface area (Å²) in [7, 11) is -3.90. The van der Waals surface area contributed by atoms with Gasteiger partial charge < -0.3 is 10.1 Å². The fourth-order valence-corrected chi connectivity index (χ4v) is 4.99. The highest BCUT2D eigenvalue weighted by atomic mass is 32.2. The Hall–Kier alpha value is -2.70. The van der Waals surface area contributed by atoms with Crippen LogP contribution >= 0.6 is 0 Å². The number of alkyl halides is 3. The Morgan fingerprint density at radius 1 is 1.06 bits per heavy atom.